The first kappa shape index (κ1) is 24.5. The number of ether oxygens (including phenoxy) is 1. The summed E-state index contributed by atoms with van der Waals surface area (Å²) in [6.07, 6.45) is 0.794. The first-order valence-corrected chi connectivity index (χ1v) is 12.2. The summed E-state index contributed by atoms with van der Waals surface area (Å²) < 4.78 is 37.4. The Balaban J connectivity index is 2.04. The van der Waals surface area contributed by atoms with Crippen molar-refractivity contribution in [1.82, 2.24) is 0 Å². The molecule has 6 heteroatoms. The van der Waals surface area contributed by atoms with E-state index >= 15 is 0 Å². The monoisotopic (exact) mass is 466 g/mol. The topological polar surface area (TPSA) is 69.7 Å². The average molecular weight is 467 g/mol. The van der Waals surface area contributed by atoms with Gasteiger partial charge in [0, 0.05) is 11.1 Å². The van der Waals surface area contributed by atoms with Crippen LogP contribution in [0.3, 0.4) is 0 Å². The zero-order valence-electron chi connectivity index (χ0n) is 19.9. The normalized spacial score (nSPS) is 11.8. The van der Waals surface area contributed by atoms with Crippen LogP contribution < -0.4 is 8.92 Å². The molecule has 0 amide bonds. The number of hydrogen-bond donors (Lipinski definition) is 0. The van der Waals surface area contributed by atoms with Gasteiger partial charge in [0.25, 0.3) is 0 Å². The van der Waals surface area contributed by atoms with Crippen LogP contribution in [-0.4, -0.2) is 14.7 Å². The molecule has 0 aromatic heterocycles. The van der Waals surface area contributed by atoms with Crippen molar-refractivity contribution in [2.24, 2.45) is 0 Å². The maximum absolute atomic E-state index is 12.9. The molecule has 0 aliphatic heterocycles. The average Bonchev–Trinajstić information content (AvgIpc) is 2.72. The Bertz CT molecular complexity index is 1250. The summed E-state index contributed by atoms with van der Waals surface area (Å²) in [6, 6.07) is 15.5. The largest absolute Gasteiger partial charge is 0.488 e. The van der Waals surface area contributed by atoms with E-state index in [1.54, 1.807) is 24.3 Å². The van der Waals surface area contributed by atoms with E-state index in [2.05, 4.69) is 0 Å². The minimum absolute atomic E-state index is 0.0678. The first-order chi connectivity index (χ1) is 15.4. The highest BCUT2D eigenvalue weighted by atomic mass is 32.2. The minimum Gasteiger partial charge on any atom is -0.488 e. The van der Waals surface area contributed by atoms with Gasteiger partial charge in [-0.3, -0.25) is 4.79 Å². The molecule has 0 saturated carbocycles. The molecule has 0 spiro atoms. The molecule has 5 nitrogen and oxygen atoms in total. The first-order valence-electron chi connectivity index (χ1n) is 10.7. The number of para-hydroxylation sites is 1. The number of aldehydes is 1. The summed E-state index contributed by atoms with van der Waals surface area (Å²) in [5.41, 5.74) is 4.22. The van der Waals surface area contributed by atoms with Gasteiger partial charge in [0.15, 0.2) is 6.29 Å². The van der Waals surface area contributed by atoms with Crippen molar-refractivity contribution in [3.05, 3.63) is 88.0 Å². The Hall–Kier alpha value is -3.12. The highest BCUT2D eigenvalue weighted by Gasteiger charge is 2.25. The number of carbonyl (C=O) groups excluding carboxylic acids is 1. The predicted molar refractivity (Wildman–Crippen MR) is 130 cm³/mol. The van der Waals surface area contributed by atoms with Crippen molar-refractivity contribution in [3.8, 4) is 11.5 Å². The number of hydrogen-bond acceptors (Lipinski definition) is 5. The van der Waals surface area contributed by atoms with Gasteiger partial charge < -0.3 is 8.92 Å². The molecule has 174 valence electrons. The second kappa shape index (κ2) is 9.40. The van der Waals surface area contributed by atoms with E-state index in [1.165, 1.54) is 12.1 Å². The van der Waals surface area contributed by atoms with Crippen LogP contribution in [0.1, 0.15) is 58.9 Å². The molecule has 0 bridgehead atoms. The van der Waals surface area contributed by atoms with E-state index in [0.717, 1.165) is 28.7 Å². The SMILES string of the molecule is Cc1ccc(S(=O)(=O)Oc2cc(COc3c(C)cccc3C)c(C=O)c(C(C)(C)C)c2)cc1. The van der Waals surface area contributed by atoms with Gasteiger partial charge >= 0.3 is 10.1 Å². The molecule has 0 unspecified atom stereocenters. The third kappa shape index (κ3) is 5.63. The Morgan fingerprint density at radius 2 is 1.52 bits per heavy atom. The van der Waals surface area contributed by atoms with E-state index in [9.17, 15) is 13.2 Å². The molecule has 0 saturated heterocycles. The maximum atomic E-state index is 12.9. The van der Waals surface area contributed by atoms with Gasteiger partial charge in [-0.25, -0.2) is 0 Å². The van der Waals surface area contributed by atoms with Gasteiger partial charge in [-0.15, -0.1) is 0 Å². The fourth-order valence-electron chi connectivity index (χ4n) is 3.67. The zero-order valence-corrected chi connectivity index (χ0v) is 20.7. The van der Waals surface area contributed by atoms with Crippen molar-refractivity contribution in [3.63, 3.8) is 0 Å². The molecular weight excluding hydrogens is 436 g/mol. The molecule has 0 radical (unpaired) electrons. The smallest absolute Gasteiger partial charge is 0.339 e. The summed E-state index contributed by atoms with van der Waals surface area (Å²) in [5.74, 6) is 0.886. The third-order valence-corrected chi connectivity index (χ3v) is 6.72. The minimum atomic E-state index is -4.04. The molecule has 3 rings (SSSR count). The van der Waals surface area contributed by atoms with Crippen molar-refractivity contribution in [1.29, 1.82) is 0 Å². The molecular formula is C27H30O5S. The predicted octanol–water partition coefficient (Wildman–Crippen LogP) is 6.07. The molecule has 0 atom stereocenters. The summed E-state index contributed by atoms with van der Waals surface area (Å²) in [5, 5.41) is 0. The second-order valence-electron chi connectivity index (χ2n) is 9.27. The Labute approximate surface area is 196 Å². The highest BCUT2D eigenvalue weighted by Crippen LogP contribution is 2.34. The van der Waals surface area contributed by atoms with Gasteiger partial charge in [0.1, 0.15) is 23.0 Å². The summed E-state index contributed by atoms with van der Waals surface area (Å²) in [7, 11) is -4.04. The van der Waals surface area contributed by atoms with Crippen molar-refractivity contribution < 1.29 is 22.1 Å². The fourth-order valence-corrected chi connectivity index (χ4v) is 4.58. The van der Waals surface area contributed by atoms with Crippen LogP contribution in [0.25, 0.3) is 0 Å². The summed E-state index contributed by atoms with van der Waals surface area (Å²) >= 11 is 0. The molecule has 3 aromatic rings. The molecule has 0 N–H and O–H groups in total. The molecule has 3 aromatic carbocycles. The van der Waals surface area contributed by atoms with E-state index in [0.29, 0.717) is 16.7 Å². The Morgan fingerprint density at radius 1 is 0.909 bits per heavy atom. The van der Waals surface area contributed by atoms with Crippen molar-refractivity contribution in [2.45, 2.75) is 58.5 Å². The van der Waals surface area contributed by atoms with Crippen LogP contribution in [0.5, 0.6) is 11.5 Å². The summed E-state index contributed by atoms with van der Waals surface area (Å²) in [6.45, 7) is 11.8. The quantitative estimate of drug-likeness (QED) is 0.312. The number of rotatable bonds is 7. The number of carbonyl (C=O) groups is 1. The molecule has 0 heterocycles. The maximum Gasteiger partial charge on any atom is 0.339 e. The van der Waals surface area contributed by atoms with E-state index in [1.807, 2.05) is 59.7 Å². The lowest BCUT2D eigenvalue weighted by Gasteiger charge is -2.24. The summed E-state index contributed by atoms with van der Waals surface area (Å²) in [4.78, 5) is 12.1. The Kier molecular flexibility index (Phi) is 6.98. The lowest BCUT2D eigenvalue weighted by Crippen LogP contribution is -2.18. The van der Waals surface area contributed by atoms with Crippen LogP contribution in [0, 0.1) is 20.8 Å². The van der Waals surface area contributed by atoms with E-state index in [4.69, 9.17) is 8.92 Å². The van der Waals surface area contributed by atoms with Crippen LogP contribution in [0.15, 0.2) is 59.5 Å². The number of aryl methyl sites for hydroxylation is 3. The van der Waals surface area contributed by atoms with Crippen LogP contribution >= 0.6 is 0 Å². The molecule has 33 heavy (non-hydrogen) atoms. The molecule has 0 aliphatic rings. The highest BCUT2D eigenvalue weighted by molar-refractivity contribution is 7.87. The van der Waals surface area contributed by atoms with Gasteiger partial charge in [-0.05, 0) is 67.1 Å². The van der Waals surface area contributed by atoms with Gasteiger partial charge in [0.05, 0.1) is 0 Å². The zero-order chi connectivity index (χ0) is 24.4. The van der Waals surface area contributed by atoms with E-state index < -0.39 is 15.5 Å². The lowest BCUT2D eigenvalue weighted by atomic mass is 9.82. The van der Waals surface area contributed by atoms with Gasteiger partial charge in [-0.1, -0.05) is 56.7 Å². The van der Waals surface area contributed by atoms with Crippen LogP contribution in [-0.2, 0) is 22.1 Å². The Morgan fingerprint density at radius 3 is 2.06 bits per heavy atom. The van der Waals surface area contributed by atoms with Gasteiger partial charge in [-0.2, -0.15) is 8.42 Å². The fraction of sp³-hybridized carbons (Fsp3) is 0.296. The third-order valence-electron chi connectivity index (χ3n) is 5.46. The standard InChI is InChI=1S/C27H30O5S/c1-18-10-12-23(13-11-18)33(29,30)32-22-14-21(24(16-28)25(15-22)27(4,5)6)17-31-26-19(2)8-7-9-20(26)3/h7-16H,17H2,1-6H3. The van der Waals surface area contributed by atoms with Crippen molar-refractivity contribution >= 4 is 16.4 Å². The molecule has 0 aliphatic carbocycles. The van der Waals surface area contributed by atoms with Crippen molar-refractivity contribution in [2.75, 3.05) is 0 Å². The number of benzene rings is 3. The second-order valence-corrected chi connectivity index (χ2v) is 10.8. The van der Waals surface area contributed by atoms with Crippen LogP contribution in [0.4, 0.5) is 0 Å². The van der Waals surface area contributed by atoms with E-state index in [-0.39, 0.29) is 17.3 Å². The molecule has 0 fully saturated rings. The van der Waals surface area contributed by atoms with Crippen LogP contribution in [0.2, 0.25) is 0 Å². The lowest BCUT2D eigenvalue weighted by molar-refractivity contribution is 0.111. The van der Waals surface area contributed by atoms with Gasteiger partial charge in [0.2, 0.25) is 0 Å².